The molecule has 4 aromatic rings. The number of amides is 1. The second kappa shape index (κ2) is 7.24. The maximum Gasteiger partial charge on any atom is 0.297 e. The Morgan fingerprint density at radius 1 is 1.06 bits per heavy atom. The van der Waals surface area contributed by atoms with Crippen LogP contribution in [0.15, 0.2) is 57.2 Å². The number of aryl methyl sites for hydroxylation is 1. The molecular weight excluding hydrogens is 416 g/mol. The first-order chi connectivity index (χ1) is 15.0. The summed E-state index contributed by atoms with van der Waals surface area (Å²) < 4.78 is 16.8. The maximum atomic E-state index is 13.6. The number of fused-ring (bicyclic) bond motifs is 2. The Kier molecular flexibility index (Phi) is 4.51. The molecule has 1 unspecified atom stereocenters. The van der Waals surface area contributed by atoms with Gasteiger partial charge in [-0.15, -0.1) is 11.3 Å². The minimum Gasteiger partial charge on any atom is -0.493 e. The Morgan fingerprint density at radius 3 is 2.58 bits per heavy atom. The highest BCUT2D eigenvalue weighted by Gasteiger charge is 2.45. The minimum atomic E-state index is -0.699. The van der Waals surface area contributed by atoms with Crippen LogP contribution in [0.1, 0.15) is 33.3 Å². The molecule has 0 radical (unpaired) electrons. The molecule has 0 spiro atoms. The Morgan fingerprint density at radius 2 is 1.87 bits per heavy atom. The van der Waals surface area contributed by atoms with Gasteiger partial charge >= 0.3 is 0 Å². The van der Waals surface area contributed by atoms with E-state index in [4.69, 9.17) is 13.9 Å². The topological polar surface area (TPSA) is 81.9 Å². The van der Waals surface area contributed by atoms with Crippen LogP contribution in [0, 0.1) is 6.92 Å². The number of aromatic nitrogens is 1. The molecule has 1 atom stereocenters. The van der Waals surface area contributed by atoms with Crippen LogP contribution < -0.4 is 19.8 Å². The van der Waals surface area contributed by atoms with Crippen LogP contribution in [0.5, 0.6) is 11.5 Å². The zero-order valence-electron chi connectivity index (χ0n) is 17.0. The molecule has 0 N–H and O–H groups in total. The van der Waals surface area contributed by atoms with E-state index in [1.54, 1.807) is 50.1 Å². The van der Waals surface area contributed by atoms with Gasteiger partial charge in [0.05, 0.1) is 31.2 Å². The number of methoxy groups -OCH3 is 2. The molecule has 5 rings (SSSR count). The minimum absolute atomic E-state index is 0.0383. The monoisotopic (exact) mass is 434 g/mol. The zero-order chi connectivity index (χ0) is 21.7. The van der Waals surface area contributed by atoms with Gasteiger partial charge in [-0.05, 0) is 36.8 Å². The standard InChI is InChI=1S/C23H18N2O5S/c1-12-4-6-15-14(10-12)20(26)18-19(13-5-7-16(28-2)17(11-13)29-3)25(22(27)21(18)30-15)23-24-8-9-31-23/h4-11,19H,1-3H3. The Bertz CT molecular complexity index is 1380. The molecule has 2 aromatic heterocycles. The summed E-state index contributed by atoms with van der Waals surface area (Å²) >= 11 is 1.32. The lowest BCUT2D eigenvalue weighted by atomic mass is 9.98. The smallest absolute Gasteiger partial charge is 0.297 e. The first kappa shape index (κ1) is 19.3. The van der Waals surface area contributed by atoms with E-state index in [-0.39, 0.29) is 11.2 Å². The number of benzene rings is 2. The van der Waals surface area contributed by atoms with Crippen LogP contribution in [0.4, 0.5) is 5.13 Å². The third-order valence-electron chi connectivity index (χ3n) is 5.37. The van der Waals surface area contributed by atoms with Crippen LogP contribution in [0.3, 0.4) is 0 Å². The number of hydrogen-bond donors (Lipinski definition) is 0. The summed E-state index contributed by atoms with van der Waals surface area (Å²) in [7, 11) is 3.09. The lowest BCUT2D eigenvalue weighted by Crippen LogP contribution is -2.29. The molecule has 31 heavy (non-hydrogen) atoms. The van der Waals surface area contributed by atoms with Crippen LogP contribution in [-0.2, 0) is 0 Å². The predicted octanol–water partition coefficient (Wildman–Crippen LogP) is 4.32. The summed E-state index contributed by atoms with van der Waals surface area (Å²) in [5.41, 5.74) is 2.08. The van der Waals surface area contributed by atoms with Crippen molar-refractivity contribution in [3.63, 3.8) is 0 Å². The van der Waals surface area contributed by atoms with E-state index in [0.29, 0.717) is 38.7 Å². The Labute approximate surface area is 181 Å². The third kappa shape index (κ3) is 2.90. The molecule has 1 aliphatic heterocycles. The average Bonchev–Trinajstić information content (AvgIpc) is 3.40. The van der Waals surface area contributed by atoms with E-state index in [9.17, 15) is 9.59 Å². The van der Waals surface area contributed by atoms with Crippen LogP contribution in [-0.4, -0.2) is 25.1 Å². The summed E-state index contributed by atoms with van der Waals surface area (Å²) in [5, 5.41) is 2.71. The summed E-state index contributed by atoms with van der Waals surface area (Å²) in [6, 6.07) is 9.99. The fourth-order valence-electron chi connectivity index (χ4n) is 3.96. The molecule has 1 amide bonds. The number of anilines is 1. The van der Waals surface area contributed by atoms with Crippen molar-refractivity contribution in [1.29, 1.82) is 0 Å². The second-order valence-corrected chi connectivity index (χ2v) is 8.05. The van der Waals surface area contributed by atoms with Gasteiger partial charge in [0.25, 0.3) is 5.91 Å². The molecule has 0 fully saturated rings. The van der Waals surface area contributed by atoms with E-state index in [1.807, 2.05) is 19.1 Å². The van der Waals surface area contributed by atoms with Gasteiger partial charge in [0, 0.05) is 11.6 Å². The van der Waals surface area contributed by atoms with E-state index in [1.165, 1.54) is 16.2 Å². The van der Waals surface area contributed by atoms with Gasteiger partial charge in [0.1, 0.15) is 5.58 Å². The zero-order valence-corrected chi connectivity index (χ0v) is 17.9. The van der Waals surface area contributed by atoms with Crippen LogP contribution >= 0.6 is 11.3 Å². The van der Waals surface area contributed by atoms with Crippen molar-refractivity contribution in [2.45, 2.75) is 13.0 Å². The molecule has 1 aliphatic rings. The SMILES string of the molecule is COc1ccc(C2c3c(oc4ccc(C)cc4c3=O)C(=O)N2c2nccs2)cc1OC. The largest absolute Gasteiger partial charge is 0.493 e. The van der Waals surface area contributed by atoms with Gasteiger partial charge in [0.15, 0.2) is 22.1 Å². The van der Waals surface area contributed by atoms with E-state index < -0.39 is 11.9 Å². The summed E-state index contributed by atoms with van der Waals surface area (Å²) in [6.07, 6.45) is 1.62. The van der Waals surface area contributed by atoms with Gasteiger partial charge in [-0.1, -0.05) is 17.7 Å². The first-order valence-corrected chi connectivity index (χ1v) is 10.4. The van der Waals surface area contributed by atoms with Gasteiger partial charge in [-0.2, -0.15) is 0 Å². The predicted molar refractivity (Wildman–Crippen MR) is 118 cm³/mol. The normalized spacial score (nSPS) is 15.4. The maximum absolute atomic E-state index is 13.6. The molecule has 0 saturated carbocycles. The lowest BCUT2D eigenvalue weighted by Gasteiger charge is -2.23. The fraction of sp³-hybridized carbons (Fsp3) is 0.174. The molecular formula is C23H18N2O5S. The van der Waals surface area contributed by atoms with Crippen molar-refractivity contribution < 1.29 is 18.7 Å². The van der Waals surface area contributed by atoms with Crippen molar-refractivity contribution in [1.82, 2.24) is 4.98 Å². The van der Waals surface area contributed by atoms with Gasteiger partial charge in [0.2, 0.25) is 5.76 Å². The summed E-state index contributed by atoms with van der Waals surface area (Å²) in [5.74, 6) is 0.694. The number of hydrogen-bond acceptors (Lipinski definition) is 7. The highest BCUT2D eigenvalue weighted by molar-refractivity contribution is 7.13. The van der Waals surface area contributed by atoms with Crippen molar-refractivity contribution in [3.8, 4) is 11.5 Å². The van der Waals surface area contributed by atoms with Crippen LogP contribution in [0.2, 0.25) is 0 Å². The quantitative estimate of drug-likeness (QED) is 0.476. The molecule has 0 bridgehead atoms. The summed E-state index contributed by atoms with van der Waals surface area (Å²) in [6.45, 7) is 1.91. The lowest BCUT2D eigenvalue weighted by molar-refractivity contribution is 0.0971. The van der Waals surface area contributed by atoms with E-state index in [2.05, 4.69) is 4.98 Å². The third-order valence-corrected chi connectivity index (χ3v) is 6.15. The average molecular weight is 434 g/mol. The molecule has 0 aliphatic carbocycles. The van der Waals surface area contributed by atoms with E-state index >= 15 is 0 Å². The van der Waals surface area contributed by atoms with Crippen molar-refractivity contribution in [3.05, 3.63) is 80.6 Å². The Hall–Kier alpha value is -3.65. The molecule has 7 nitrogen and oxygen atoms in total. The highest BCUT2D eigenvalue weighted by Crippen LogP contribution is 2.43. The number of rotatable bonds is 4. The number of thiazole rings is 1. The summed E-state index contributed by atoms with van der Waals surface area (Å²) in [4.78, 5) is 32.8. The van der Waals surface area contributed by atoms with Gasteiger partial charge in [-0.25, -0.2) is 4.98 Å². The first-order valence-electron chi connectivity index (χ1n) is 9.56. The number of carbonyl (C=O) groups is 1. The number of ether oxygens (including phenoxy) is 2. The highest BCUT2D eigenvalue weighted by atomic mass is 32.1. The van der Waals surface area contributed by atoms with E-state index in [0.717, 1.165) is 5.56 Å². The van der Waals surface area contributed by atoms with Crippen molar-refractivity contribution >= 4 is 33.3 Å². The van der Waals surface area contributed by atoms with Crippen LogP contribution in [0.25, 0.3) is 11.0 Å². The molecule has 8 heteroatoms. The number of carbonyl (C=O) groups excluding carboxylic acids is 1. The number of nitrogens with zero attached hydrogens (tertiary/aromatic N) is 2. The molecule has 3 heterocycles. The van der Waals surface area contributed by atoms with Gasteiger partial charge in [-0.3, -0.25) is 14.5 Å². The van der Waals surface area contributed by atoms with Gasteiger partial charge < -0.3 is 13.9 Å². The molecule has 0 saturated heterocycles. The van der Waals surface area contributed by atoms with Crippen molar-refractivity contribution in [2.75, 3.05) is 19.1 Å². The Balaban J connectivity index is 1.81. The molecule has 2 aromatic carbocycles. The fourth-order valence-corrected chi connectivity index (χ4v) is 4.62. The van der Waals surface area contributed by atoms with Crippen molar-refractivity contribution in [2.24, 2.45) is 0 Å². The molecule has 156 valence electrons. The second-order valence-electron chi connectivity index (χ2n) is 7.18.